The van der Waals surface area contributed by atoms with Crippen molar-refractivity contribution in [3.05, 3.63) is 83.3 Å². The maximum atomic E-state index is 5.86. The predicted molar refractivity (Wildman–Crippen MR) is 100 cm³/mol. The molecule has 0 saturated carbocycles. The Morgan fingerprint density at radius 3 is 2.60 bits per heavy atom. The highest BCUT2D eigenvalue weighted by Crippen LogP contribution is 2.29. The molecule has 5 nitrogen and oxygen atoms in total. The number of nitrogens with zero attached hydrogens (tertiary/aromatic N) is 4. The van der Waals surface area contributed by atoms with Crippen molar-refractivity contribution < 1.29 is 4.42 Å². The molecule has 122 valence electrons. The first kappa shape index (κ1) is 15.5. The molecule has 0 amide bonds. The highest BCUT2D eigenvalue weighted by atomic mass is 79.9. The van der Waals surface area contributed by atoms with Crippen molar-refractivity contribution in [2.75, 3.05) is 0 Å². The zero-order valence-electron chi connectivity index (χ0n) is 13.1. The van der Waals surface area contributed by atoms with Gasteiger partial charge in [0, 0.05) is 15.6 Å². The molecule has 0 atom stereocenters. The highest BCUT2D eigenvalue weighted by molar-refractivity contribution is 9.10. The lowest BCUT2D eigenvalue weighted by molar-refractivity contribution is 0.574. The Kier molecular flexibility index (Phi) is 4.26. The van der Waals surface area contributed by atoms with Gasteiger partial charge in [0.2, 0.25) is 0 Å². The van der Waals surface area contributed by atoms with Crippen molar-refractivity contribution in [1.29, 1.82) is 0 Å². The number of hydrogen-bond acceptors (Lipinski definition) is 4. The van der Waals surface area contributed by atoms with Gasteiger partial charge >= 0.3 is 0 Å². The third-order valence-corrected chi connectivity index (χ3v) is 4.33. The third kappa shape index (κ3) is 3.29. The summed E-state index contributed by atoms with van der Waals surface area (Å²) in [7, 11) is 0. The van der Waals surface area contributed by atoms with Gasteiger partial charge in [-0.05, 0) is 18.2 Å². The molecule has 0 unspecified atom stereocenters. The average molecular weight is 393 g/mol. The summed E-state index contributed by atoms with van der Waals surface area (Å²) in [5, 5.41) is 12.5. The predicted octanol–water partition coefficient (Wildman–Crippen LogP) is 4.85. The Labute approximate surface area is 152 Å². The van der Waals surface area contributed by atoms with E-state index in [9.17, 15) is 0 Å². The minimum atomic E-state index is 0.651. The quantitative estimate of drug-likeness (QED) is 0.466. The molecule has 0 aliphatic rings. The molecule has 0 aliphatic carbocycles. The summed E-state index contributed by atoms with van der Waals surface area (Å²) in [4.78, 5) is 0. The molecule has 0 fully saturated rings. The molecular weight excluding hydrogens is 380 g/mol. The van der Waals surface area contributed by atoms with E-state index in [0.717, 1.165) is 21.4 Å². The number of furan rings is 1. The maximum Gasteiger partial charge on any atom is 0.184 e. The van der Waals surface area contributed by atoms with E-state index in [-0.39, 0.29) is 0 Å². The van der Waals surface area contributed by atoms with Crippen molar-refractivity contribution in [2.24, 2.45) is 5.10 Å². The van der Waals surface area contributed by atoms with E-state index in [1.54, 1.807) is 17.2 Å². The Bertz CT molecular complexity index is 1020. The van der Waals surface area contributed by atoms with Crippen LogP contribution in [-0.2, 0) is 0 Å². The molecule has 6 heteroatoms. The molecular formula is C19H13BrN4O. The first-order valence-corrected chi connectivity index (χ1v) is 8.45. The van der Waals surface area contributed by atoms with Crippen LogP contribution in [0.3, 0.4) is 0 Å². The van der Waals surface area contributed by atoms with Crippen LogP contribution < -0.4 is 0 Å². The normalized spacial score (nSPS) is 11.2. The molecule has 2 aromatic carbocycles. The Balaban J connectivity index is 1.60. The van der Waals surface area contributed by atoms with E-state index in [1.165, 1.54) is 0 Å². The molecule has 4 aromatic rings. The summed E-state index contributed by atoms with van der Waals surface area (Å²) in [5.41, 5.74) is 1.95. The summed E-state index contributed by atoms with van der Waals surface area (Å²) in [6, 6.07) is 21.5. The second-order valence-corrected chi connectivity index (χ2v) is 6.15. The smallest absolute Gasteiger partial charge is 0.184 e. The standard InChI is InChI=1S/C19H13BrN4O/c20-17-9-5-4-8-16(17)18-11-10-15(25-18)12-22-24-13-21-23-19(24)14-6-2-1-3-7-14/h1-13H/b22-12-. The van der Waals surface area contributed by atoms with E-state index >= 15 is 0 Å². The average Bonchev–Trinajstić information content (AvgIpc) is 3.30. The van der Waals surface area contributed by atoms with Gasteiger partial charge in [-0.1, -0.05) is 64.5 Å². The third-order valence-electron chi connectivity index (χ3n) is 3.64. The molecule has 0 radical (unpaired) electrons. The fourth-order valence-corrected chi connectivity index (χ4v) is 2.92. The topological polar surface area (TPSA) is 56.2 Å². The van der Waals surface area contributed by atoms with Crippen LogP contribution in [-0.4, -0.2) is 21.1 Å². The summed E-state index contributed by atoms with van der Waals surface area (Å²) in [6.07, 6.45) is 3.21. The van der Waals surface area contributed by atoms with E-state index in [0.29, 0.717) is 11.6 Å². The highest BCUT2D eigenvalue weighted by Gasteiger charge is 2.08. The molecule has 0 spiro atoms. The van der Waals surface area contributed by atoms with Crippen LogP contribution in [0.4, 0.5) is 0 Å². The molecule has 2 heterocycles. The second-order valence-electron chi connectivity index (χ2n) is 5.29. The lowest BCUT2D eigenvalue weighted by Crippen LogP contribution is -1.92. The summed E-state index contributed by atoms with van der Waals surface area (Å²) in [6.45, 7) is 0. The van der Waals surface area contributed by atoms with Crippen LogP contribution in [0.15, 0.2) is 87.0 Å². The molecule has 0 aliphatic heterocycles. The van der Waals surface area contributed by atoms with Gasteiger partial charge in [-0.3, -0.25) is 0 Å². The molecule has 0 N–H and O–H groups in total. The van der Waals surface area contributed by atoms with Crippen LogP contribution in [0.5, 0.6) is 0 Å². The van der Waals surface area contributed by atoms with Crippen LogP contribution in [0, 0.1) is 0 Å². The monoisotopic (exact) mass is 392 g/mol. The largest absolute Gasteiger partial charge is 0.455 e. The first-order valence-electron chi connectivity index (χ1n) is 7.66. The molecule has 4 rings (SSSR count). The number of hydrogen-bond donors (Lipinski definition) is 0. The Hall–Kier alpha value is -2.99. The van der Waals surface area contributed by atoms with Crippen LogP contribution >= 0.6 is 15.9 Å². The van der Waals surface area contributed by atoms with Crippen molar-refractivity contribution >= 4 is 22.1 Å². The van der Waals surface area contributed by atoms with E-state index < -0.39 is 0 Å². The van der Waals surface area contributed by atoms with E-state index in [1.807, 2.05) is 66.7 Å². The van der Waals surface area contributed by atoms with Crippen molar-refractivity contribution in [3.63, 3.8) is 0 Å². The molecule has 2 aromatic heterocycles. The van der Waals surface area contributed by atoms with Crippen LogP contribution in [0.1, 0.15) is 5.76 Å². The van der Waals surface area contributed by atoms with Gasteiger partial charge in [0.15, 0.2) is 5.82 Å². The van der Waals surface area contributed by atoms with Crippen molar-refractivity contribution in [2.45, 2.75) is 0 Å². The number of rotatable bonds is 4. The maximum absolute atomic E-state index is 5.86. The lowest BCUT2D eigenvalue weighted by Gasteiger charge is -2.00. The second kappa shape index (κ2) is 6.86. The van der Waals surface area contributed by atoms with Crippen molar-refractivity contribution in [3.8, 4) is 22.7 Å². The number of halogens is 1. The number of benzene rings is 2. The van der Waals surface area contributed by atoms with Gasteiger partial charge in [0.25, 0.3) is 0 Å². The molecule has 0 bridgehead atoms. The van der Waals surface area contributed by atoms with E-state index in [2.05, 4.69) is 31.2 Å². The van der Waals surface area contributed by atoms with Gasteiger partial charge in [0.1, 0.15) is 17.8 Å². The van der Waals surface area contributed by atoms with Crippen molar-refractivity contribution in [1.82, 2.24) is 14.9 Å². The summed E-state index contributed by atoms with van der Waals surface area (Å²) < 4.78 is 8.47. The van der Waals surface area contributed by atoms with Gasteiger partial charge in [0.05, 0.1) is 6.21 Å². The summed E-state index contributed by atoms with van der Waals surface area (Å²) in [5.74, 6) is 2.11. The molecule has 0 saturated heterocycles. The minimum absolute atomic E-state index is 0.651. The SMILES string of the molecule is Brc1ccccc1-c1ccc(/C=N\n2cnnc2-c2ccccc2)o1. The fraction of sp³-hybridized carbons (Fsp3) is 0. The fourth-order valence-electron chi connectivity index (χ4n) is 2.44. The van der Waals surface area contributed by atoms with E-state index in [4.69, 9.17) is 4.42 Å². The Morgan fingerprint density at radius 2 is 1.76 bits per heavy atom. The van der Waals surface area contributed by atoms with Gasteiger partial charge in [-0.2, -0.15) is 9.78 Å². The summed E-state index contributed by atoms with van der Waals surface area (Å²) >= 11 is 3.53. The van der Waals surface area contributed by atoms with Gasteiger partial charge in [-0.25, -0.2) is 0 Å². The zero-order valence-corrected chi connectivity index (χ0v) is 14.7. The minimum Gasteiger partial charge on any atom is -0.455 e. The van der Waals surface area contributed by atoms with Gasteiger partial charge < -0.3 is 4.42 Å². The first-order chi connectivity index (χ1) is 12.3. The zero-order chi connectivity index (χ0) is 17.1. The van der Waals surface area contributed by atoms with Gasteiger partial charge in [-0.15, -0.1) is 10.2 Å². The van der Waals surface area contributed by atoms with Crippen LogP contribution in [0.25, 0.3) is 22.7 Å². The number of aromatic nitrogens is 3. The Morgan fingerprint density at radius 1 is 0.960 bits per heavy atom. The lowest BCUT2D eigenvalue weighted by atomic mass is 10.2. The van der Waals surface area contributed by atoms with Crippen LogP contribution in [0.2, 0.25) is 0 Å². The molecule has 25 heavy (non-hydrogen) atoms.